The first-order chi connectivity index (χ1) is 14.1. The van der Waals surface area contributed by atoms with Crippen LogP contribution in [-0.4, -0.2) is 30.1 Å². The Bertz CT molecular complexity index is 886. The van der Waals surface area contributed by atoms with Crippen molar-refractivity contribution in [2.45, 2.75) is 31.6 Å². The lowest BCUT2D eigenvalue weighted by Gasteiger charge is -2.35. The van der Waals surface area contributed by atoms with Crippen LogP contribution in [0.1, 0.15) is 30.0 Å². The Hall–Kier alpha value is -1.80. The molecule has 0 radical (unpaired) electrons. The molecule has 1 heterocycles. The van der Waals surface area contributed by atoms with Gasteiger partial charge in [0.25, 0.3) is 0 Å². The molecule has 1 unspecified atom stereocenters. The lowest BCUT2D eigenvalue weighted by atomic mass is 9.85. The van der Waals surface area contributed by atoms with E-state index in [-0.39, 0.29) is 27.3 Å². The molecule has 0 amide bonds. The molecule has 3 rings (SSSR count). The number of halogens is 5. The van der Waals surface area contributed by atoms with Crippen molar-refractivity contribution >= 4 is 29.2 Å². The number of ether oxygens (including phenoxy) is 1. The van der Waals surface area contributed by atoms with Gasteiger partial charge in [-0.15, -0.1) is 0 Å². The van der Waals surface area contributed by atoms with Gasteiger partial charge in [0.1, 0.15) is 5.75 Å². The highest BCUT2D eigenvalue weighted by Gasteiger charge is 2.42. The van der Waals surface area contributed by atoms with Gasteiger partial charge in [-0.05, 0) is 43.5 Å². The van der Waals surface area contributed by atoms with E-state index in [0.717, 1.165) is 38.5 Å². The Morgan fingerprint density at radius 1 is 1.13 bits per heavy atom. The number of likely N-dealkylation sites (tertiary alicyclic amines) is 1. The minimum atomic E-state index is -5.13. The summed E-state index contributed by atoms with van der Waals surface area (Å²) in [5, 5.41) is 0.116. The summed E-state index contributed by atoms with van der Waals surface area (Å²) in [5.74, 6) is -2.64. The van der Waals surface area contributed by atoms with E-state index in [1.165, 1.54) is 11.6 Å². The Labute approximate surface area is 182 Å². The zero-order valence-electron chi connectivity index (χ0n) is 16.0. The predicted octanol–water partition coefficient (Wildman–Crippen LogP) is 5.37. The molecule has 162 valence electrons. The van der Waals surface area contributed by atoms with E-state index in [2.05, 4.69) is 21.8 Å². The van der Waals surface area contributed by atoms with E-state index in [0.29, 0.717) is 0 Å². The fraction of sp³-hybridized carbons (Fsp3) is 0.381. The molecule has 0 aliphatic carbocycles. The maximum absolute atomic E-state index is 12.7. The Morgan fingerprint density at radius 3 is 2.33 bits per heavy atom. The monoisotopic (exact) mass is 460 g/mol. The molecule has 2 N–H and O–H groups in total. The molecule has 0 saturated carbocycles. The molecule has 2 aromatic carbocycles. The van der Waals surface area contributed by atoms with Crippen LogP contribution in [0.25, 0.3) is 0 Å². The molecule has 9 heteroatoms. The van der Waals surface area contributed by atoms with Gasteiger partial charge in [0, 0.05) is 24.2 Å². The molecule has 0 aromatic heterocycles. The zero-order chi connectivity index (χ0) is 21.9. The van der Waals surface area contributed by atoms with Crippen molar-refractivity contribution < 1.29 is 22.7 Å². The number of hydrogen-bond donors (Lipinski definition) is 1. The molecule has 1 fully saturated rings. The van der Waals surface area contributed by atoms with Gasteiger partial charge in [-0.2, -0.15) is 13.2 Å². The van der Waals surface area contributed by atoms with Gasteiger partial charge in [0.2, 0.25) is 0 Å². The molecule has 1 saturated heterocycles. The second-order valence-corrected chi connectivity index (χ2v) is 8.13. The third kappa shape index (κ3) is 5.66. The van der Waals surface area contributed by atoms with Crippen LogP contribution in [0.3, 0.4) is 0 Å². The average molecular weight is 461 g/mol. The summed E-state index contributed by atoms with van der Waals surface area (Å²) >= 11 is 12.0. The van der Waals surface area contributed by atoms with Gasteiger partial charge in [-0.1, -0.05) is 53.5 Å². The standard InChI is InChI=1S/C21H21Cl2F3N2O2/c22-16-10-15(18(11-17(16)23)30-20(29)21(24,25)26)19(27)14-6-8-28(9-7-14)12-13-4-2-1-3-5-13/h1-5,10-11,14,19H,6-9,12,27H2. The SMILES string of the molecule is NC(c1cc(Cl)c(Cl)cc1OC(=O)C(F)(F)F)C1CCN(Cc2ccccc2)CC1. The third-order valence-corrected chi connectivity index (χ3v) is 5.96. The Balaban J connectivity index is 1.71. The predicted molar refractivity (Wildman–Crippen MR) is 110 cm³/mol. The number of rotatable bonds is 5. The second kappa shape index (κ2) is 9.56. The number of esters is 1. The normalized spacial score (nSPS) is 17.0. The van der Waals surface area contributed by atoms with Gasteiger partial charge >= 0.3 is 12.1 Å². The number of nitrogens with two attached hydrogens (primary N) is 1. The first-order valence-electron chi connectivity index (χ1n) is 9.45. The van der Waals surface area contributed by atoms with Crippen molar-refractivity contribution in [1.29, 1.82) is 0 Å². The molecule has 1 atom stereocenters. The van der Waals surface area contributed by atoms with Crippen molar-refractivity contribution in [1.82, 2.24) is 4.90 Å². The summed E-state index contributed by atoms with van der Waals surface area (Å²) < 4.78 is 42.5. The minimum absolute atomic E-state index is 0.00222. The van der Waals surface area contributed by atoms with Crippen LogP contribution in [0.5, 0.6) is 5.75 Å². The summed E-state index contributed by atoms with van der Waals surface area (Å²) in [6.45, 7) is 2.42. The molecule has 2 aromatic rings. The number of nitrogens with zero attached hydrogens (tertiary/aromatic N) is 1. The highest BCUT2D eigenvalue weighted by atomic mass is 35.5. The number of alkyl halides is 3. The molecule has 30 heavy (non-hydrogen) atoms. The Kier molecular flexibility index (Phi) is 7.29. The molecule has 0 bridgehead atoms. The molecule has 1 aliphatic heterocycles. The van der Waals surface area contributed by atoms with Gasteiger partial charge in [0.05, 0.1) is 10.0 Å². The third-order valence-electron chi connectivity index (χ3n) is 5.24. The van der Waals surface area contributed by atoms with Gasteiger partial charge in [0.15, 0.2) is 0 Å². The highest BCUT2D eigenvalue weighted by Crippen LogP contribution is 2.39. The van der Waals surface area contributed by atoms with Crippen molar-refractivity contribution in [3.05, 3.63) is 63.6 Å². The molecule has 4 nitrogen and oxygen atoms in total. The van der Waals surface area contributed by atoms with E-state index < -0.39 is 18.2 Å². The van der Waals surface area contributed by atoms with Gasteiger partial charge in [-0.25, -0.2) is 4.79 Å². The van der Waals surface area contributed by atoms with Crippen LogP contribution in [0.2, 0.25) is 10.0 Å². The summed E-state index contributed by atoms with van der Waals surface area (Å²) in [4.78, 5) is 13.6. The van der Waals surface area contributed by atoms with E-state index in [1.807, 2.05) is 18.2 Å². The van der Waals surface area contributed by atoms with Crippen LogP contribution in [0.4, 0.5) is 13.2 Å². The van der Waals surface area contributed by atoms with Crippen molar-refractivity contribution in [2.75, 3.05) is 13.1 Å². The first kappa shape index (κ1) is 22.9. The lowest BCUT2D eigenvalue weighted by molar-refractivity contribution is -0.189. The fourth-order valence-electron chi connectivity index (χ4n) is 3.62. The number of benzene rings is 2. The Morgan fingerprint density at radius 2 is 1.73 bits per heavy atom. The van der Waals surface area contributed by atoms with Crippen molar-refractivity contribution in [3.8, 4) is 5.75 Å². The van der Waals surface area contributed by atoms with Gasteiger partial charge in [-0.3, -0.25) is 4.90 Å². The number of piperidine rings is 1. The summed E-state index contributed by atoms with van der Waals surface area (Å²) in [5.41, 5.74) is 7.83. The van der Waals surface area contributed by atoms with Crippen LogP contribution >= 0.6 is 23.2 Å². The topological polar surface area (TPSA) is 55.6 Å². The largest absolute Gasteiger partial charge is 0.491 e. The zero-order valence-corrected chi connectivity index (χ0v) is 17.5. The number of hydrogen-bond acceptors (Lipinski definition) is 4. The summed E-state index contributed by atoms with van der Waals surface area (Å²) in [6.07, 6.45) is -3.63. The minimum Gasteiger partial charge on any atom is -0.419 e. The van der Waals surface area contributed by atoms with Crippen LogP contribution in [-0.2, 0) is 11.3 Å². The lowest BCUT2D eigenvalue weighted by Crippen LogP contribution is -2.37. The number of carbonyl (C=O) groups excluding carboxylic acids is 1. The maximum Gasteiger partial charge on any atom is 0.491 e. The summed E-state index contributed by atoms with van der Waals surface area (Å²) in [6, 6.07) is 11.9. The van der Waals surface area contributed by atoms with Crippen LogP contribution in [0.15, 0.2) is 42.5 Å². The van der Waals surface area contributed by atoms with Crippen molar-refractivity contribution in [3.63, 3.8) is 0 Å². The maximum atomic E-state index is 12.7. The van der Waals surface area contributed by atoms with E-state index >= 15 is 0 Å². The number of carbonyl (C=O) groups is 1. The van der Waals surface area contributed by atoms with Crippen LogP contribution < -0.4 is 10.5 Å². The highest BCUT2D eigenvalue weighted by molar-refractivity contribution is 6.42. The van der Waals surface area contributed by atoms with E-state index in [9.17, 15) is 18.0 Å². The molecule has 0 spiro atoms. The van der Waals surface area contributed by atoms with Crippen molar-refractivity contribution in [2.24, 2.45) is 11.7 Å². The summed E-state index contributed by atoms with van der Waals surface area (Å²) in [7, 11) is 0. The van der Waals surface area contributed by atoms with E-state index in [1.54, 1.807) is 0 Å². The van der Waals surface area contributed by atoms with Gasteiger partial charge < -0.3 is 10.5 Å². The second-order valence-electron chi connectivity index (χ2n) is 7.32. The fourth-order valence-corrected chi connectivity index (χ4v) is 3.94. The first-order valence-corrected chi connectivity index (χ1v) is 10.2. The van der Waals surface area contributed by atoms with E-state index in [4.69, 9.17) is 28.9 Å². The smallest absolute Gasteiger partial charge is 0.419 e. The quantitative estimate of drug-likeness (QED) is 0.481. The average Bonchev–Trinajstić information content (AvgIpc) is 2.70. The van der Waals surface area contributed by atoms with Crippen LogP contribution in [0, 0.1) is 5.92 Å². The molecular weight excluding hydrogens is 440 g/mol. The molecule has 1 aliphatic rings. The molecular formula is C21H21Cl2F3N2O2.